The second-order valence-corrected chi connectivity index (χ2v) is 6.54. The SMILES string of the molecule is CCc1ccc(C(C)NS(=O)(=O)c2ccc(=O)[nH]c2)cc1. The van der Waals surface area contributed by atoms with Gasteiger partial charge in [-0.15, -0.1) is 0 Å². The van der Waals surface area contributed by atoms with E-state index in [4.69, 9.17) is 0 Å². The molecule has 21 heavy (non-hydrogen) atoms. The Kier molecular flexibility index (Phi) is 4.59. The number of H-pyrrole nitrogens is 1. The van der Waals surface area contributed by atoms with Gasteiger partial charge in [0.05, 0.1) is 4.90 Å². The Morgan fingerprint density at radius 2 is 1.81 bits per heavy atom. The molecule has 0 aliphatic carbocycles. The van der Waals surface area contributed by atoms with Crippen molar-refractivity contribution in [3.63, 3.8) is 0 Å². The lowest BCUT2D eigenvalue weighted by molar-refractivity contribution is 0.566. The first-order valence-corrected chi connectivity index (χ1v) is 8.20. The number of aromatic nitrogens is 1. The fourth-order valence-electron chi connectivity index (χ4n) is 1.97. The standard InChI is InChI=1S/C15H18N2O3S/c1-3-12-4-6-13(7-5-12)11(2)17-21(19,20)14-8-9-15(18)16-10-14/h4-11,17H,3H2,1-2H3,(H,16,18). The van der Waals surface area contributed by atoms with Gasteiger partial charge in [0.2, 0.25) is 15.6 Å². The Hall–Kier alpha value is -1.92. The quantitative estimate of drug-likeness (QED) is 0.886. The van der Waals surface area contributed by atoms with Crippen LogP contribution >= 0.6 is 0 Å². The molecule has 1 unspecified atom stereocenters. The van der Waals surface area contributed by atoms with Crippen molar-refractivity contribution in [1.29, 1.82) is 0 Å². The van der Waals surface area contributed by atoms with Gasteiger partial charge in [0.25, 0.3) is 0 Å². The monoisotopic (exact) mass is 306 g/mol. The normalized spacial score (nSPS) is 13.0. The van der Waals surface area contributed by atoms with Crippen LogP contribution in [0.3, 0.4) is 0 Å². The molecule has 0 aliphatic rings. The summed E-state index contributed by atoms with van der Waals surface area (Å²) in [4.78, 5) is 13.4. The average molecular weight is 306 g/mol. The number of sulfonamides is 1. The number of pyridine rings is 1. The molecule has 2 aromatic rings. The molecule has 0 fully saturated rings. The summed E-state index contributed by atoms with van der Waals surface area (Å²) in [5, 5.41) is 0. The summed E-state index contributed by atoms with van der Waals surface area (Å²) in [6.45, 7) is 3.85. The Bertz CT molecular complexity index is 744. The molecule has 0 aliphatic heterocycles. The molecule has 112 valence electrons. The second-order valence-electron chi connectivity index (χ2n) is 4.83. The van der Waals surface area contributed by atoms with Crippen molar-refractivity contribution in [2.45, 2.75) is 31.2 Å². The molecule has 0 spiro atoms. The maximum atomic E-state index is 12.2. The zero-order valence-corrected chi connectivity index (χ0v) is 12.8. The summed E-state index contributed by atoms with van der Waals surface area (Å²) in [6.07, 6.45) is 2.13. The molecule has 2 N–H and O–H groups in total. The van der Waals surface area contributed by atoms with Gasteiger partial charge >= 0.3 is 0 Å². The van der Waals surface area contributed by atoms with E-state index in [0.717, 1.165) is 12.0 Å². The van der Waals surface area contributed by atoms with E-state index in [1.807, 2.05) is 24.3 Å². The summed E-state index contributed by atoms with van der Waals surface area (Å²) in [7, 11) is -3.66. The van der Waals surface area contributed by atoms with Crippen LogP contribution in [0.4, 0.5) is 0 Å². The van der Waals surface area contributed by atoms with Crippen LogP contribution in [0.1, 0.15) is 31.0 Å². The molecule has 0 saturated carbocycles. The number of aryl methyl sites for hydroxylation is 1. The van der Waals surface area contributed by atoms with Crippen molar-refractivity contribution >= 4 is 10.0 Å². The largest absolute Gasteiger partial charge is 0.328 e. The molecular formula is C15H18N2O3S. The van der Waals surface area contributed by atoms with Crippen LogP contribution in [-0.4, -0.2) is 13.4 Å². The van der Waals surface area contributed by atoms with E-state index >= 15 is 0 Å². The van der Waals surface area contributed by atoms with Crippen LogP contribution in [0.15, 0.2) is 52.3 Å². The molecule has 1 heterocycles. The van der Waals surface area contributed by atoms with Crippen LogP contribution in [0.25, 0.3) is 0 Å². The van der Waals surface area contributed by atoms with E-state index < -0.39 is 10.0 Å². The van der Waals surface area contributed by atoms with Gasteiger partial charge in [-0.2, -0.15) is 0 Å². The number of benzene rings is 1. The zero-order chi connectivity index (χ0) is 15.5. The summed E-state index contributed by atoms with van der Waals surface area (Å²) < 4.78 is 27.0. The van der Waals surface area contributed by atoms with Gasteiger partial charge in [-0.1, -0.05) is 31.2 Å². The maximum absolute atomic E-state index is 12.2. The highest BCUT2D eigenvalue weighted by molar-refractivity contribution is 7.89. The summed E-state index contributed by atoms with van der Waals surface area (Å²) in [5.41, 5.74) is 1.76. The predicted octanol–water partition coefficient (Wildman–Crippen LogP) is 1.98. The van der Waals surface area contributed by atoms with E-state index in [2.05, 4.69) is 16.6 Å². The Morgan fingerprint density at radius 3 is 2.33 bits per heavy atom. The molecule has 2 rings (SSSR count). The predicted molar refractivity (Wildman–Crippen MR) is 81.6 cm³/mol. The van der Waals surface area contributed by atoms with Crippen LogP contribution in [0.5, 0.6) is 0 Å². The van der Waals surface area contributed by atoms with Crippen molar-refractivity contribution < 1.29 is 8.42 Å². The molecule has 5 nitrogen and oxygen atoms in total. The minimum absolute atomic E-state index is 0.0409. The Balaban J connectivity index is 2.18. The van der Waals surface area contributed by atoms with E-state index in [0.29, 0.717) is 0 Å². The molecule has 0 radical (unpaired) electrons. The fraction of sp³-hybridized carbons (Fsp3) is 0.267. The van der Waals surface area contributed by atoms with Gasteiger partial charge in [0.1, 0.15) is 0 Å². The lowest BCUT2D eigenvalue weighted by Crippen LogP contribution is -2.27. The lowest BCUT2D eigenvalue weighted by Gasteiger charge is -2.15. The minimum Gasteiger partial charge on any atom is -0.328 e. The smallest absolute Gasteiger partial charge is 0.247 e. The maximum Gasteiger partial charge on any atom is 0.247 e. The zero-order valence-electron chi connectivity index (χ0n) is 12.0. The summed E-state index contributed by atoms with van der Waals surface area (Å²) >= 11 is 0. The average Bonchev–Trinajstić information content (AvgIpc) is 2.47. The van der Waals surface area contributed by atoms with Crippen molar-refractivity contribution in [3.8, 4) is 0 Å². The highest BCUT2D eigenvalue weighted by atomic mass is 32.2. The van der Waals surface area contributed by atoms with E-state index in [1.165, 1.54) is 23.9 Å². The minimum atomic E-state index is -3.66. The molecule has 0 amide bonds. The Labute approximate surface area is 124 Å². The third-order valence-electron chi connectivity index (χ3n) is 3.29. The van der Waals surface area contributed by atoms with Gasteiger partial charge in [0, 0.05) is 18.3 Å². The topological polar surface area (TPSA) is 79.0 Å². The molecule has 6 heteroatoms. The van der Waals surface area contributed by atoms with Crippen LogP contribution in [0, 0.1) is 0 Å². The number of aromatic amines is 1. The molecule has 1 aromatic carbocycles. The second kappa shape index (κ2) is 6.24. The molecular weight excluding hydrogens is 288 g/mol. The van der Waals surface area contributed by atoms with Crippen molar-refractivity contribution in [2.24, 2.45) is 0 Å². The first-order valence-electron chi connectivity index (χ1n) is 6.72. The highest BCUT2D eigenvalue weighted by Gasteiger charge is 2.18. The molecule has 0 saturated heterocycles. The fourth-order valence-corrected chi connectivity index (χ4v) is 3.17. The summed E-state index contributed by atoms with van der Waals surface area (Å²) in [5.74, 6) is 0. The van der Waals surface area contributed by atoms with Crippen LogP contribution in [0.2, 0.25) is 0 Å². The van der Waals surface area contributed by atoms with Crippen LogP contribution < -0.4 is 10.3 Å². The lowest BCUT2D eigenvalue weighted by atomic mass is 10.1. The number of rotatable bonds is 5. The van der Waals surface area contributed by atoms with E-state index in [9.17, 15) is 13.2 Å². The Morgan fingerprint density at radius 1 is 1.14 bits per heavy atom. The first-order chi connectivity index (χ1) is 9.92. The summed E-state index contributed by atoms with van der Waals surface area (Å²) in [6, 6.07) is 9.93. The number of hydrogen-bond donors (Lipinski definition) is 2. The third kappa shape index (κ3) is 3.80. The van der Waals surface area contributed by atoms with Crippen molar-refractivity contribution in [1.82, 2.24) is 9.71 Å². The van der Waals surface area contributed by atoms with Gasteiger partial charge < -0.3 is 4.98 Å². The van der Waals surface area contributed by atoms with Crippen LogP contribution in [-0.2, 0) is 16.4 Å². The van der Waals surface area contributed by atoms with Gasteiger partial charge in [-0.25, -0.2) is 13.1 Å². The first kappa shape index (κ1) is 15.5. The van der Waals surface area contributed by atoms with Crippen molar-refractivity contribution in [2.75, 3.05) is 0 Å². The van der Waals surface area contributed by atoms with Crippen molar-refractivity contribution in [3.05, 3.63) is 64.1 Å². The van der Waals surface area contributed by atoms with E-state index in [-0.39, 0.29) is 16.5 Å². The van der Waals surface area contributed by atoms with Gasteiger partial charge in [0.15, 0.2) is 0 Å². The number of nitrogens with one attached hydrogen (secondary N) is 2. The van der Waals surface area contributed by atoms with E-state index in [1.54, 1.807) is 6.92 Å². The highest BCUT2D eigenvalue weighted by Crippen LogP contribution is 2.17. The molecule has 1 aromatic heterocycles. The molecule has 0 bridgehead atoms. The molecule has 1 atom stereocenters. The number of hydrogen-bond acceptors (Lipinski definition) is 3. The third-order valence-corrected chi connectivity index (χ3v) is 4.82. The van der Waals surface area contributed by atoms with Gasteiger partial charge in [-0.3, -0.25) is 4.79 Å². The van der Waals surface area contributed by atoms with Gasteiger partial charge in [-0.05, 0) is 30.5 Å².